The normalized spacial score (nSPS) is 18.4. The van der Waals surface area contributed by atoms with Crippen LogP contribution in [0.15, 0.2) is 48.5 Å². The molecular weight excluding hydrogens is 542 g/mol. The van der Waals surface area contributed by atoms with Gasteiger partial charge < -0.3 is 29.3 Å². The van der Waals surface area contributed by atoms with Crippen LogP contribution < -0.4 is 14.8 Å². The standard InChI is InChI=1S/C32H45N3O5.ClH/c1-23(2)35(32(37)25-11-16-29(39-4)30(21-25)40-20-8-19-38-3)28-13-12-26(33-22-28)17-18-34(27-14-15-27)31(36)24-9-6-5-7-10-24;/h5-7,9-11,16,21,23,26-28,33H,8,12-15,17-20,22H2,1-4H3;1H/t26-,28-;/m1./s1. The van der Waals surface area contributed by atoms with Crippen molar-refractivity contribution in [3.05, 3.63) is 59.7 Å². The van der Waals surface area contributed by atoms with Crippen molar-refractivity contribution in [2.24, 2.45) is 0 Å². The number of hydrogen-bond donors (Lipinski definition) is 1. The fourth-order valence-corrected chi connectivity index (χ4v) is 5.54. The Hall–Kier alpha value is -2.81. The highest BCUT2D eigenvalue weighted by atomic mass is 35.5. The van der Waals surface area contributed by atoms with E-state index in [4.69, 9.17) is 14.2 Å². The highest BCUT2D eigenvalue weighted by Crippen LogP contribution is 2.31. The number of carbonyl (C=O) groups excluding carboxylic acids is 2. The number of rotatable bonds is 14. The smallest absolute Gasteiger partial charge is 0.254 e. The highest BCUT2D eigenvalue weighted by molar-refractivity contribution is 5.95. The Labute approximate surface area is 251 Å². The molecule has 2 aliphatic rings. The Morgan fingerprint density at radius 3 is 2.24 bits per heavy atom. The number of nitrogens with zero attached hydrogens (tertiary/aromatic N) is 2. The zero-order chi connectivity index (χ0) is 28.5. The summed E-state index contributed by atoms with van der Waals surface area (Å²) in [7, 11) is 3.27. The summed E-state index contributed by atoms with van der Waals surface area (Å²) in [5.41, 5.74) is 1.36. The third-order valence-corrected chi connectivity index (χ3v) is 7.82. The highest BCUT2D eigenvalue weighted by Gasteiger charge is 2.35. The van der Waals surface area contributed by atoms with Gasteiger partial charge in [0.2, 0.25) is 0 Å². The van der Waals surface area contributed by atoms with Gasteiger partial charge in [-0.15, -0.1) is 12.4 Å². The molecule has 0 spiro atoms. The molecule has 0 bridgehead atoms. The second kappa shape index (κ2) is 16.0. The number of carbonyl (C=O) groups is 2. The average Bonchev–Trinajstić information content (AvgIpc) is 3.82. The van der Waals surface area contributed by atoms with Crippen LogP contribution in [-0.4, -0.2) is 86.3 Å². The number of piperidine rings is 1. The Morgan fingerprint density at radius 1 is 0.902 bits per heavy atom. The lowest BCUT2D eigenvalue weighted by molar-refractivity contribution is 0.0544. The molecule has 1 aliphatic carbocycles. The first-order valence-corrected chi connectivity index (χ1v) is 14.6. The SMILES string of the molecule is COCCCOc1cc(C(=O)N(C(C)C)[C@@H]2CC[C@H](CCN(C(=O)c3ccccc3)C3CC3)NC2)ccc1OC.Cl. The van der Waals surface area contributed by atoms with Gasteiger partial charge in [-0.2, -0.15) is 0 Å². The second-order valence-electron chi connectivity index (χ2n) is 11.1. The summed E-state index contributed by atoms with van der Waals surface area (Å²) < 4.78 is 16.5. The number of amides is 2. The minimum absolute atomic E-state index is 0. The molecule has 0 unspecified atom stereocenters. The first-order valence-electron chi connectivity index (χ1n) is 14.6. The zero-order valence-electron chi connectivity index (χ0n) is 24.8. The lowest BCUT2D eigenvalue weighted by Gasteiger charge is -2.40. The van der Waals surface area contributed by atoms with Crippen molar-refractivity contribution >= 4 is 24.2 Å². The van der Waals surface area contributed by atoms with Crippen molar-refractivity contribution < 1.29 is 23.8 Å². The minimum atomic E-state index is -0.00184. The summed E-state index contributed by atoms with van der Waals surface area (Å²) in [6, 6.07) is 15.8. The quantitative estimate of drug-likeness (QED) is 0.306. The maximum absolute atomic E-state index is 13.7. The molecule has 2 aromatic rings. The first-order chi connectivity index (χ1) is 19.4. The number of ether oxygens (including phenoxy) is 3. The van der Waals surface area contributed by atoms with Crippen LogP contribution in [0.1, 0.15) is 73.1 Å². The van der Waals surface area contributed by atoms with Crippen molar-refractivity contribution in [2.45, 2.75) is 76.5 Å². The summed E-state index contributed by atoms with van der Waals surface area (Å²) in [4.78, 5) is 30.9. The number of hydrogen-bond acceptors (Lipinski definition) is 6. The molecule has 0 radical (unpaired) electrons. The van der Waals surface area contributed by atoms with Gasteiger partial charge in [-0.05, 0) is 76.3 Å². The fourth-order valence-electron chi connectivity index (χ4n) is 5.54. The average molecular weight is 588 g/mol. The second-order valence-corrected chi connectivity index (χ2v) is 11.1. The number of halogens is 1. The zero-order valence-corrected chi connectivity index (χ0v) is 25.7. The lowest BCUT2D eigenvalue weighted by Crippen LogP contribution is -2.54. The van der Waals surface area contributed by atoms with E-state index < -0.39 is 0 Å². The molecule has 1 saturated carbocycles. The fraction of sp³-hybridized carbons (Fsp3) is 0.562. The Morgan fingerprint density at radius 2 is 1.63 bits per heavy atom. The molecule has 2 atom stereocenters. The van der Waals surface area contributed by atoms with E-state index in [1.807, 2.05) is 41.3 Å². The van der Waals surface area contributed by atoms with Gasteiger partial charge in [0.15, 0.2) is 11.5 Å². The van der Waals surface area contributed by atoms with E-state index >= 15 is 0 Å². The molecule has 9 heteroatoms. The maximum Gasteiger partial charge on any atom is 0.254 e. The molecule has 8 nitrogen and oxygen atoms in total. The van der Waals surface area contributed by atoms with Crippen LogP contribution in [0.5, 0.6) is 11.5 Å². The van der Waals surface area contributed by atoms with Crippen molar-refractivity contribution in [1.29, 1.82) is 0 Å². The van der Waals surface area contributed by atoms with E-state index in [1.165, 1.54) is 0 Å². The molecule has 1 aliphatic heterocycles. The molecule has 4 rings (SSSR count). The third-order valence-electron chi connectivity index (χ3n) is 7.82. The van der Waals surface area contributed by atoms with Crippen molar-refractivity contribution in [2.75, 3.05) is 40.5 Å². The van der Waals surface area contributed by atoms with Gasteiger partial charge in [-0.25, -0.2) is 0 Å². The summed E-state index contributed by atoms with van der Waals surface area (Å²) in [6.45, 7) is 6.73. The summed E-state index contributed by atoms with van der Waals surface area (Å²) in [6.07, 6.45) is 5.75. The van der Waals surface area contributed by atoms with Crippen LogP contribution >= 0.6 is 12.4 Å². The van der Waals surface area contributed by atoms with E-state index in [9.17, 15) is 9.59 Å². The van der Waals surface area contributed by atoms with Crippen molar-refractivity contribution in [3.63, 3.8) is 0 Å². The molecule has 226 valence electrons. The Bertz CT molecular complexity index is 1100. The van der Waals surface area contributed by atoms with Crippen LogP contribution in [0.4, 0.5) is 0 Å². The molecule has 2 amide bonds. The Balaban J connectivity index is 0.00000462. The van der Waals surface area contributed by atoms with Crippen molar-refractivity contribution in [1.82, 2.24) is 15.1 Å². The molecule has 0 aromatic heterocycles. The van der Waals surface area contributed by atoms with Crippen LogP contribution in [0.2, 0.25) is 0 Å². The van der Waals surface area contributed by atoms with Gasteiger partial charge in [0.05, 0.1) is 13.7 Å². The number of benzene rings is 2. The van der Waals surface area contributed by atoms with Crippen LogP contribution in [-0.2, 0) is 4.74 Å². The van der Waals surface area contributed by atoms with E-state index in [1.54, 1.807) is 26.4 Å². The predicted molar refractivity (Wildman–Crippen MR) is 163 cm³/mol. The summed E-state index contributed by atoms with van der Waals surface area (Å²) in [5, 5.41) is 3.69. The Kier molecular flexibility index (Phi) is 12.8. The van der Waals surface area contributed by atoms with Crippen LogP contribution in [0.3, 0.4) is 0 Å². The first kappa shape index (κ1) is 32.7. The maximum atomic E-state index is 13.7. The van der Waals surface area contributed by atoms with E-state index in [0.29, 0.717) is 42.4 Å². The summed E-state index contributed by atoms with van der Waals surface area (Å²) >= 11 is 0. The summed E-state index contributed by atoms with van der Waals surface area (Å²) in [5.74, 6) is 1.31. The van der Waals surface area contributed by atoms with Gasteiger partial charge in [0.25, 0.3) is 11.8 Å². The van der Waals surface area contributed by atoms with Gasteiger partial charge in [-0.3, -0.25) is 9.59 Å². The molecule has 1 heterocycles. The minimum Gasteiger partial charge on any atom is -0.493 e. The molecule has 2 fully saturated rings. The topological polar surface area (TPSA) is 80.3 Å². The third kappa shape index (κ3) is 8.84. The molecular formula is C32H46ClN3O5. The monoisotopic (exact) mass is 587 g/mol. The van der Waals surface area contributed by atoms with Gasteiger partial charge >= 0.3 is 0 Å². The van der Waals surface area contributed by atoms with Crippen LogP contribution in [0.25, 0.3) is 0 Å². The van der Waals surface area contributed by atoms with Gasteiger partial charge in [-0.1, -0.05) is 18.2 Å². The molecule has 2 aromatic carbocycles. The molecule has 41 heavy (non-hydrogen) atoms. The molecule has 1 N–H and O–H groups in total. The largest absolute Gasteiger partial charge is 0.493 e. The lowest BCUT2D eigenvalue weighted by atomic mass is 9.95. The van der Waals surface area contributed by atoms with Gasteiger partial charge in [0.1, 0.15) is 0 Å². The molecule has 1 saturated heterocycles. The van der Waals surface area contributed by atoms with Crippen LogP contribution in [0, 0.1) is 0 Å². The van der Waals surface area contributed by atoms with Crippen molar-refractivity contribution in [3.8, 4) is 11.5 Å². The number of nitrogens with one attached hydrogen (secondary N) is 1. The van der Waals surface area contributed by atoms with E-state index in [2.05, 4.69) is 24.1 Å². The van der Waals surface area contributed by atoms with Gasteiger partial charge in [0, 0.05) is 68.5 Å². The van der Waals surface area contributed by atoms with E-state index in [0.717, 1.165) is 57.2 Å². The predicted octanol–water partition coefficient (Wildman–Crippen LogP) is 5.20. The number of methoxy groups -OCH3 is 2. The van der Waals surface area contributed by atoms with E-state index in [-0.39, 0.29) is 36.3 Å².